The maximum Gasteiger partial charge on any atom is 0.398 e. The second kappa shape index (κ2) is 6.89. The molecule has 2 saturated carbocycles. The Balaban J connectivity index is 1.27. The number of fused-ring (bicyclic) bond motifs is 1. The van der Waals surface area contributed by atoms with E-state index < -0.39 is 29.1 Å². The standard InChI is InChI=1S/C25H25F3N4O3/c1-22(2)20(33)32(17-5-3-16(4-6-17)24(10-11-24)25(26,27)28)21(34)31(22)13-15-7-12-29-19-18(15)35-14-23(30-19)8-9-23/h3-7,12H,8-11,13-14H2,1-2H3,(H,29,30). The minimum Gasteiger partial charge on any atom is -0.487 e. The molecule has 6 rings (SSSR count). The van der Waals surface area contributed by atoms with Crippen molar-refractivity contribution in [2.45, 2.75) is 68.7 Å². The van der Waals surface area contributed by atoms with Crippen molar-refractivity contribution < 1.29 is 27.5 Å². The third-order valence-electron chi connectivity index (χ3n) is 7.84. The molecule has 1 spiro atoms. The van der Waals surface area contributed by atoms with Crippen LogP contribution < -0.4 is 15.0 Å². The first kappa shape index (κ1) is 22.2. The van der Waals surface area contributed by atoms with E-state index in [-0.39, 0.29) is 36.2 Å². The monoisotopic (exact) mass is 486 g/mol. The number of anilines is 2. The lowest BCUT2D eigenvalue weighted by Crippen LogP contribution is -2.44. The Kier molecular flexibility index (Phi) is 4.37. The van der Waals surface area contributed by atoms with Gasteiger partial charge in [-0.3, -0.25) is 4.79 Å². The van der Waals surface area contributed by atoms with E-state index >= 15 is 0 Å². The van der Waals surface area contributed by atoms with E-state index in [1.807, 2.05) is 0 Å². The van der Waals surface area contributed by atoms with Crippen molar-refractivity contribution in [1.82, 2.24) is 9.88 Å². The Labute approximate surface area is 200 Å². The molecule has 7 nitrogen and oxygen atoms in total. The van der Waals surface area contributed by atoms with Gasteiger partial charge in [0.1, 0.15) is 12.1 Å². The summed E-state index contributed by atoms with van der Waals surface area (Å²) in [5.74, 6) is 0.769. The van der Waals surface area contributed by atoms with Gasteiger partial charge >= 0.3 is 12.2 Å². The number of aromatic nitrogens is 1. The highest BCUT2D eigenvalue weighted by Crippen LogP contribution is 2.59. The van der Waals surface area contributed by atoms with Gasteiger partial charge in [0, 0.05) is 11.8 Å². The van der Waals surface area contributed by atoms with E-state index in [0.717, 1.165) is 23.3 Å². The minimum absolute atomic E-state index is 0.0481. The fourth-order valence-electron chi connectivity index (χ4n) is 5.07. The highest BCUT2D eigenvalue weighted by atomic mass is 19.4. The molecule has 1 aromatic heterocycles. The van der Waals surface area contributed by atoms with E-state index in [4.69, 9.17) is 4.74 Å². The lowest BCUT2D eigenvalue weighted by Gasteiger charge is -2.31. The number of urea groups is 1. The van der Waals surface area contributed by atoms with Crippen LogP contribution in [-0.4, -0.2) is 45.7 Å². The Morgan fingerprint density at radius 2 is 1.74 bits per heavy atom. The zero-order valence-electron chi connectivity index (χ0n) is 19.4. The molecule has 0 radical (unpaired) electrons. The molecule has 1 saturated heterocycles. The number of amides is 3. The number of ether oxygens (including phenoxy) is 1. The molecule has 2 aromatic rings. The first-order valence-electron chi connectivity index (χ1n) is 11.7. The smallest absolute Gasteiger partial charge is 0.398 e. The van der Waals surface area contributed by atoms with Crippen LogP contribution in [0.15, 0.2) is 36.5 Å². The topological polar surface area (TPSA) is 74.8 Å². The summed E-state index contributed by atoms with van der Waals surface area (Å²) >= 11 is 0. The molecule has 1 aromatic carbocycles. The fourth-order valence-corrected chi connectivity index (χ4v) is 5.07. The van der Waals surface area contributed by atoms with Gasteiger partial charge in [0.2, 0.25) is 0 Å². The van der Waals surface area contributed by atoms with Crippen LogP contribution >= 0.6 is 0 Å². The maximum absolute atomic E-state index is 13.5. The average Bonchev–Trinajstić information content (AvgIpc) is 3.73. The summed E-state index contributed by atoms with van der Waals surface area (Å²) in [7, 11) is 0. The van der Waals surface area contributed by atoms with Crippen molar-refractivity contribution in [3.05, 3.63) is 47.7 Å². The van der Waals surface area contributed by atoms with Crippen LogP contribution in [0.2, 0.25) is 0 Å². The molecule has 3 heterocycles. The molecule has 1 N–H and O–H groups in total. The van der Waals surface area contributed by atoms with Crippen LogP contribution in [0.1, 0.15) is 50.7 Å². The van der Waals surface area contributed by atoms with Gasteiger partial charge in [-0.25, -0.2) is 14.7 Å². The second-order valence-electron chi connectivity index (χ2n) is 10.5. The fraction of sp³-hybridized carbons (Fsp3) is 0.480. The molecule has 0 unspecified atom stereocenters. The molecule has 2 aliphatic heterocycles. The number of rotatable bonds is 4. The van der Waals surface area contributed by atoms with Gasteiger partial charge in [0.05, 0.1) is 23.2 Å². The van der Waals surface area contributed by atoms with Crippen molar-refractivity contribution in [3.63, 3.8) is 0 Å². The number of alkyl halides is 3. The van der Waals surface area contributed by atoms with Crippen molar-refractivity contribution >= 4 is 23.4 Å². The van der Waals surface area contributed by atoms with E-state index in [0.29, 0.717) is 18.2 Å². The van der Waals surface area contributed by atoms with Crippen LogP contribution in [0.5, 0.6) is 5.75 Å². The van der Waals surface area contributed by atoms with E-state index in [1.165, 1.54) is 29.2 Å². The number of carbonyl (C=O) groups is 2. The summed E-state index contributed by atoms with van der Waals surface area (Å²) in [5, 5.41) is 3.42. The third-order valence-corrected chi connectivity index (χ3v) is 7.84. The first-order chi connectivity index (χ1) is 16.5. The number of hydrogen-bond donors (Lipinski definition) is 1. The van der Waals surface area contributed by atoms with Crippen LogP contribution in [0, 0.1) is 0 Å². The Morgan fingerprint density at radius 3 is 2.34 bits per heavy atom. The summed E-state index contributed by atoms with van der Waals surface area (Å²) in [6.07, 6.45) is -0.553. The summed E-state index contributed by atoms with van der Waals surface area (Å²) in [4.78, 5) is 33.6. The molecule has 0 bridgehead atoms. The zero-order valence-corrected chi connectivity index (χ0v) is 19.4. The van der Waals surface area contributed by atoms with Gasteiger partial charge in [-0.1, -0.05) is 12.1 Å². The van der Waals surface area contributed by atoms with Gasteiger partial charge in [-0.05, 0) is 63.3 Å². The van der Waals surface area contributed by atoms with E-state index in [9.17, 15) is 22.8 Å². The number of carbonyl (C=O) groups excluding carboxylic acids is 2. The quantitative estimate of drug-likeness (QED) is 0.631. The highest BCUT2D eigenvalue weighted by molar-refractivity contribution is 6.22. The molecular formula is C25H25F3N4O3. The molecular weight excluding hydrogens is 461 g/mol. The Bertz CT molecular complexity index is 1230. The van der Waals surface area contributed by atoms with Gasteiger partial charge in [0.15, 0.2) is 11.6 Å². The van der Waals surface area contributed by atoms with Gasteiger partial charge < -0.3 is 15.0 Å². The van der Waals surface area contributed by atoms with E-state index in [1.54, 1.807) is 26.1 Å². The Hall–Kier alpha value is -3.30. The maximum atomic E-state index is 13.5. The van der Waals surface area contributed by atoms with E-state index in [2.05, 4.69) is 10.3 Å². The van der Waals surface area contributed by atoms with Gasteiger partial charge in [-0.15, -0.1) is 0 Å². The summed E-state index contributed by atoms with van der Waals surface area (Å²) < 4.78 is 46.5. The van der Waals surface area contributed by atoms with Crippen molar-refractivity contribution in [2.24, 2.45) is 0 Å². The Morgan fingerprint density at radius 1 is 1.06 bits per heavy atom. The van der Waals surface area contributed by atoms with Crippen LogP contribution in [0.25, 0.3) is 0 Å². The largest absolute Gasteiger partial charge is 0.487 e. The number of pyridine rings is 1. The van der Waals surface area contributed by atoms with Crippen molar-refractivity contribution in [3.8, 4) is 5.75 Å². The normalized spacial score (nSPS) is 23.1. The predicted molar refractivity (Wildman–Crippen MR) is 121 cm³/mol. The molecule has 2 aliphatic carbocycles. The van der Waals surface area contributed by atoms with Crippen LogP contribution in [0.3, 0.4) is 0 Å². The highest BCUT2D eigenvalue weighted by Gasteiger charge is 2.64. The molecule has 35 heavy (non-hydrogen) atoms. The number of benzene rings is 1. The van der Waals surface area contributed by atoms with Crippen LogP contribution in [-0.2, 0) is 16.8 Å². The zero-order chi connectivity index (χ0) is 24.8. The first-order valence-corrected chi connectivity index (χ1v) is 11.7. The minimum atomic E-state index is -4.33. The number of halogens is 3. The average molecular weight is 486 g/mol. The summed E-state index contributed by atoms with van der Waals surface area (Å²) in [6.45, 7) is 3.97. The van der Waals surface area contributed by atoms with Crippen molar-refractivity contribution in [2.75, 3.05) is 16.8 Å². The number of nitrogens with zero attached hydrogens (tertiary/aromatic N) is 3. The number of hydrogen-bond acceptors (Lipinski definition) is 5. The van der Waals surface area contributed by atoms with Gasteiger partial charge in [0.25, 0.3) is 5.91 Å². The molecule has 184 valence electrons. The SMILES string of the molecule is CC1(C)C(=O)N(c2ccc(C3(C(F)(F)F)CC3)cc2)C(=O)N1Cc1ccnc2c1OCC1(CC1)N2. The number of imide groups is 1. The predicted octanol–water partition coefficient (Wildman–Crippen LogP) is 4.76. The molecule has 0 atom stereocenters. The number of nitrogens with one attached hydrogen (secondary N) is 1. The third kappa shape index (κ3) is 3.21. The lowest BCUT2D eigenvalue weighted by atomic mass is 9.95. The molecule has 10 heteroatoms. The summed E-state index contributed by atoms with van der Waals surface area (Å²) in [6, 6.07) is 6.83. The lowest BCUT2D eigenvalue weighted by molar-refractivity contribution is -0.160. The van der Waals surface area contributed by atoms with Gasteiger partial charge in [-0.2, -0.15) is 13.2 Å². The molecule has 4 aliphatic rings. The molecule has 3 amide bonds. The summed E-state index contributed by atoms with van der Waals surface area (Å²) in [5.41, 5.74) is -1.89. The van der Waals surface area contributed by atoms with Crippen LogP contribution in [0.4, 0.5) is 29.5 Å². The second-order valence-corrected chi connectivity index (χ2v) is 10.5. The van der Waals surface area contributed by atoms with Crippen molar-refractivity contribution in [1.29, 1.82) is 0 Å². The molecule has 3 fully saturated rings.